The van der Waals surface area contributed by atoms with Crippen LogP contribution in [0, 0.1) is 6.92 Å². The Morgan fingerprint density at radius 2 is 2.04 bits per heavy atom. The fourth-order valence-electron chi connectivity index (χ4n) is 2.77. The summed E-state index contributed by atoms with van der Waals surface area (Å²) in [6.07, 6.45) is 3.35. The van der Waals surface area contributed by atoms with Gasteiger partial charge in [0.25, 0.3) is 0 Å². The number of amides is 2. The Bertz CT molecular complexity index is 540. The van der Waals surface area contributed by atoms with Crippen molar-refractivity contribution in [3.63, 3.8) is 0 Å². The molecule has 2 rings (SSSR count). The first-order chi connectivity index (χ1) is 11.0. The molecule has 1 aromatic carbocycles. The summed E-state index contributed by atoms with van der Waals surface area (Å²) in [4.78, 5) is 26.2. The number of nitrogens with zero attached hydrogens (tertiary/aromatic N) is 1. The van der Waals surface area contributed by atoms with Crippen molar-refractivity contribution in [3.05, 3.63) is 29.8 Å². The van der Waals surface area contributed by atoms with Crippen LogP contribution in [0.2, 0.25) is 0 Å². The summed E-state index contributed by atoms with van der Waals surface area (Å²) in [6, 6.07) is 8.61. The van der Waals surface area contributed by atoms with Crippen molar-refractivity contribution >= 4 is 23.6 Å². The standard InChI is InChI=1S/C18H26N2O2S/c1-14-5-3-6-17(13-14)23-16-8-11-20(12-9-16)18(22)7-4-10-19-15(2)21/h3,5-6,13,16H,4,7-12H2,1-2H3,(H,19,21). The summed E-state index contributed by atoms with van der Waals surface area (Å²) < 4.78 is 0. The Morgan fingerprint density at radius 1 is 1.30 bits per heavy atom. The number of likely N-dealkylation sites (tertiary alicyclic amines) is 1. The van der Waals surface area contributed by atoms with Crippen molar-refractivity contribution in [2.75, 3.05) is 19.6 Å². The zero-order valence-electron chi connectivity index (χ0n) is 14.0. The summed E-state index contributed by atoms with van der Waals surface area (Å²) in [5.41, 5.74) is 1.29. The molecule has 23 heavy (non-hydrogen) atoms. The van der Waals surface area contributed by atoms with Gasteiger partial charge in [-0.05, 0) is 38.3 Å². The van der Waals surface area contributed by atoms with Gasteiger partial charge < -0.3 is 10.2 Å². The van der Waals surface area contributed by atoms with Crippen LogP contribution in [0.1, 0.15) is 38.2 Å². The number of hydrogen-bond donors (Lipinski definition) is 1. The highest BCUT2D eigenvalue weighted by Crippen LogP contribution is 2.30. The molecule has 0 atom stereocenters. The van der Waals surface area contributed by atoms with Crippen LogP contribution < -0.4 is 5.32 Å². The fourth-order valence-corrected chi connectivity index (χ4v) is 4.01. The number of benzene rings is 1. The van der Waals surface area contributed by atoms with Gasteiger partial charge in [0.1, 0.15) is 0 Å². The molecule has 4 nitrogen and oxygen atoms in total. The first-order valence-electron chi connectivity index (χ1n) is 8.30. The molecule has 0 bridgehead atoms. The lowest BCUT2D eigenvalue weighted by molar-refractivity contribution is -0.132. The van der Waals surface area contributed by atoms with Crippen LogP contribution in [0.3, 0.4) is 0 Å². The van der Waals surface area contributed by atoms with E-state index in [1.54, 1.807) is 0 Å². The van der Waals surface area contributed by atoms with Gasteiger partial charge in [0, 0.05) is 43.1 Å². The topological polar surface area (TPSA) is 49.4 Å². The van der Waals surface area contributed by atoms with Crippen LogP contribution in [0.15, 0.2) is 29.2 Å². The average Bonchev–Trinajstić information content (AvgIpc) is 2.52. The number of piperidine rings is 1. The quantitative estimate of drug-likeness (QED) is 0.814. The second-order valence-electron chi connectivity index (χ2n) is 6.10. The Hall–Kier alpha value is -1.49. The lowest BCUT2D eigenvalue weighted by atomic mass is 10.1. The lowest BCUT2D eigenvalue weighted by Crippen LogP contribution is -2.39. The number of aryl methyl sites for hydroxylation is 1. The van der Waals surface area contributed by atoms with Crippen LogP contribution in [0.4, 0.5) is 0 Å². The van der Waals surface area contributed by atoms with Gasteiger partial charge in [-0.3, -0.25) is 9.59 Å². The van der Waals surface area contributed by atoms with Gasteiger partial charge in [-0.15, -0.1) is 11.8 Å². The van der Waals surface area contributed by atoms with E-state index in [0.717, 1.165) is 32.4 Å². The molecule has 5 heteroatoms. The van der Waals surface area contributed by atoms with Crippen molar-refractivity contribution in [3.8, 4) is 0 Å². The molecule has 1 fully saturated rings. The third kappa shape index (κ3) is 6.26. The van der Waals surface area contributed by atoms with E-state index in [1.807, 2.05) is 16.7 Å². The maximum Gasteiger partial charge on any atom is 0.222 e. The number of thioether (sulfide) groups is 1. The summed E-state index contributed by atoms with van der Waals surface area (Å²) >= 11 is 1.93. The largest absolute Gasteiger partial charge is 0.356 e. The van der Waals surface area contributed by atoms with Crippen LogP contribution >= 0.6 is 11.8 Å². The van der Waals surface area contributed by atoms with Gasteiger partial charge in [-0.2, -0.15) is 0 Å². The molecule has 0 saturated carbocycles. The van der Waals surface area contributed by atoms with Crippen molar-refractivity contribution < 1.29 is 9.59 Å². The van der Waals surface area contributed by atoms with Gasteiger partial charge in [-0.25, -0.2) is 0 Å². The molecule has 0 radical (unpaired) electrons. The minimum Gasteiger partial charge on any atom is -0.356 e. The number of nitrogens with one attached hydrogen (secondary N) is 1. The van der Waals surface area contributed by atoms with Crippen LogP contribution in [0.25, 0.3) is 0 Å². The van der Waals surface area contributed by atoms with Gasteiger partial charge in [0.15, 0.2) is 0 Å². The van der Waals surface area contributed by atoms with Gasteiger partial charge in [-0.1, -0.05) is 17.7 Å². The predicted molar refractivity (Wildman–Crippen MR) is 94.6 cm³/mol. The Morgan fingerprint density at radius 3 is 2.70 bits per heavy atom. The summed E-state index contributed by atoms with van der Waals surface area (Å²) in [7, 11) is 0. The van der Waals surface area contributed by atoms with Crippen molar-refractivity contribution in [1.82, 2.24) is 10.2 Å². The molecule has 1 aromatic rings. The molecule has 0 unspecified atom stereocenters. The molecule has 126 valence electrons. The number of hydrogen-bond acceptors (Lipinski definition) is 3. The minimum absolute atomic E-state index is 0.0357. The van der Waals surface area contributed by atoms with E-state index in [4.69, 9.17) is 0 Å². The smallest absolute Gasteiger partial charge is 0.222 e. The highest BCUT2D eigenvalue weighted by Gasteiger charge is 2.23. The molecule has 0 aliphatic carbocycles. The monoisotopic (exact) mass is 334 g/mol. The average molecular weight is 334 g/mol. The normalized spacial score (nSPS) is 15.5. The van der Waals surface area contributed by atoms with Crippen molar-refractivity contribution in [1.29, 1.82) is 0 Å². The Kier molecular flexibility index (Phi) is 6.96. The Labute approximate surface area is 143 Å². The number of carbonyl (C=O) groups is 2. The first kappa shape index (κ1) is 17.9. The van der Waals surface area contributed by atoms with E-state index < -0.39 is 0 Å². The molecule has 1 aliphatic heterocycles. The molecule has 2 amide bonds. The van der Waals surface area contributed by atoms with E-state index in [9.17, 15) is 9.59 Å². The van der Waals surface area contributed by atoms with E-state index in [2.05, 4.69) is 36.5 Å². The number of rotatable bonds is 6. The molecule has 1 heterocycles. The van der Waals surface area contributed by atoms with E-state index in [0.29, 0.717) is 18.2 Å². The zero-order valence-corrected chi connectivity index (χ0v) is 14.8. The summed E-state index contributed by atoms with van der Waals surface area (Å²) in [5, 5.41) is 3.33. The molecule has 0 spiro atoms. The molecule has 1 aliphatic rings. The third-order valence-corrected chi connectivity index (χ3v) is 5.36. The van der Waals surface area contributed by atoms with Crippen molar-refractivity contribution in [2.24, 2.45) is 0 Å². The second-order valence-corrected chi connectivity index (χ2v) is 7.47. The maximum absolute atomic E-state index is 12.2. The van der Waals surface area contributed by atoms with Gasteiger partial charge in [0.05, 0.1) is 0 Å². The van der Waals surface area contributed by atoms with Crippen LogP contribution in [-0.4, -0.2) is 41.6 Å². The maximum atomic E-state index is 12.2. The molecule has 0 aromatic heterocycles. The molecule has 1 saturated heterocycles. The van der Waals surface area contributed by atoms with Crippen LogP contribution in [0.5, 0.6) is 0 Å². The fraction of sp³-hybridized carbons (Fsp3) is 0.556. The molecule has 1 N–H and O–H groups in total. The molecular weight excluding hydrogens is 308 g/mol. The summed E-state index contributed by atoms with van der Waals surface area (Å²) in [5.74, 6) is 0.181. The van der Waals surface area contributed by atoms with E-state index in [1.165, 1.54) is 17.4 Å². The molecular formula is C18H26N2O2S. The summed E-state index contributed by atoms with van der Waals surface area (Å²) in [6.45, 7) is 5.90. The highest BCUT2D eigenvalue weighted by atomic mass is 32.2. The van der Waals surface area contributed by atoms with Crippen LogP contribution in [-0.2, 0) is 9.59 Å². The highest BCUT2D eigenvalue weighted by molar-refractivity contribution is 8.00. The van der Waals surface area contributed by atoms with Crippen molar-refractivity contribution in [2.45, 2.75) is 49.7 Å². The van der Waals surface area contributed by atoms with Gasteiger partial charge in [0.2, 0.25) is 11.8 Å². The minimum atomic E-state index is -0.0357. The Balaban J connectivity index is 1.69. The zero-order chi connectivity index (χ0) is 16.7. The number of carbonyl (C=O) groups excluding carboxylic acids is 2. The predicted octanol–water partition coefficient (Wildman–Crippen LogP) is 2.99. The third-order valence-electron chi connectivity index (χ3n) is 4.03. The van der Waals surface area contributed by atoms with E-state index in [-0.39, 0.29) is 11.8 Å². The second kappa shape index (κ2) is 8.96. The van der Waals surface area contributed by atoms with Gasteiger partial charge >= 0.3 is 0 Å². The SMILES string of the molecule is CC(=O)NCCCC(=O)N1CCC(Sc2cccc(C)c2)CC1. The lowest BCUT2D eigenvalue weighted by Gasteiger charge is -2.31. The first-order valence-corrected chi connectivity index (χ1v) is 9.18. The van der Waals surface area contributed by atoms with E-state index >= 15 is 0 Å².